The van der Waals surface area contributed by atoms with Crippen molar-refractivity contribution in [3.63, 3.8) is 0 Å². The van der Waals surface area contributed by atoms with Crippen molar-refractivity contribution in [2.24, 2.45) is 0 Å². The third kappa shape index (κ3) is 3.22. The molecule has 1 aromatic carbocycles. The predicted octanol–water partition coefficient (Wildman–Crippen LogP) is 2.34. The van der Waals surface area contributed by atoms with Crippen molar-refractivity contribution in [2.45, 2.75) is 19.3 Å². The molecule has 4 rings (SSSR count). The lowest BCUT2D eigenvalue weighted by atomic mass is 10.1. The lowest BCUT2D eigenvalue weighted by Crippen LogP contribution is -2.35. The van der Waals surface area contributed by atoms with E-state index in [1.807, 2.05) is 36.5 Å². The number of aromatic nitrogens is 1. The second kappa shape index (κ2) is 7.13. The summed E-state index contributed by atoms with van der Waals surface area (Å²) < 4.78 is 13.2. The number of fused-ring (bicyclic) bond motifs is 3. The van der Waals surface area contributed by atoms with E-state index in [2.05, 4.69) is 25.8 Å². The van der Waals surface area contributed by atoms with Gasteiger partial charge in [0.05, 0.1) is 37.3 Å². The summed E-state index contributed by atoms with van der Waals surface area (Å²) in [5, 5.41) is 2.95. The minimum atomic E-state index is -0.402. The van der Waals surface area contributed by atoms with Crippen LogP contribution in [0.1, 0.15) is 11.3 Å². The largest absolute Gasteiger partial charge is 0.442 e. The molecule has 2 aliphatic heterocycles. The molecule has 3 heterocycles. The number of benzene rings is 1. The van der Waals surface area contributed by atoms with Crippen LogP contribution in [-0.4, -0.2) is 41.1 Å². The van der Waals surface area contributed by atoms with E-state index >= 15 is 0 Å². The lowest BCUT2D eigenvalue weighted by molar-refractivity contribution is -0.118. The van der Waals surface area contributed by atoms with Gasteiger partial charge >= 0.3 is 6.09 Å². The van der Waals surface area contributed by atoms with Crippen molar-refractivity contribution in [3.8, 4) is 5.69 Å². The van der Waals surface area contributed by atoms with Gasteiger partial charge in [0.15, 0.2) is 0 Å². The molecule has 8 heteroatoms. The summed E-state index contributed by atoms with van der Waals surface area (Å²) >= 11 is 3.09. The normalized spacial score (nSPS) is 18.7. The summed E-state index contributed by atoms with van der Waals surface area (Å²) in [5.41, 5.74) is 3.91. The average Bonchev–Trinajstić information content (AvgIpc) is 3.22. The van der Waals surface area contributed by atoms with E-state index in [-0.39, 0.29) is 17.3 Å². The third-order valence-electron chi connectivity index (χ3n) is 4.50. The highest BCUT2D eigenvalue weighted by molar-refractivity contribution is 9.09. The number of halogens is 1. The third-order valence-corrected chi connectivity index (χ3v) is 5.01. The van der Waals surface area contributed by atoms with Crippen LogP contribution in [0.3, 0.4) is 0 Å². The number of hydrogen-bond acceptors (Lipinski definition) is 4. The Morgan fingerprint density at radius 2 is 2.19 bits per heavy atom. The minimum absolute atomic E-state index is 0.135. The number of nitrogens with one attached hydrogen (secondary N) is 1. The van der Waals surface area contributed by atoms with Gasteiger partial charge in [0.25, 0.3) is 0 Å². The monoisotopic (exact) mass is 419 g/mol. The summed E-state index contributed by atoms with van der Waals surface area (Å²) in [5.74, 6) is -0.135. The minimum Gasteiger partial charge on any atom is -0.442 e. The topological polar surface area (TPSA) is 72.8 Å². The fraction of sp³-hybridized carbons (Fsp3) is 0.333. The van der Waals surface area contributed by atoms with Gasteiger partial charge in [0, 0.05) is 23.1 Å². The van der Waals surface area contributed by atoms with Crippen molar-refractivity contribution in [3.05, 3.63) is 47.8 Å². The maximum Gasteiger partial charge on any atom is 0.414 e. The highest BCUT2D eigenvalue weighted by Gasteiger charge is 2.33. The average molecular weight is 420 g/mol. The van der Waals surface area contributed by atoms with Crippen LogP contribution >= 0.6 is 15.9 Å². The number of alkyl halides is 1. The van der Waals surface area contributed by atoms with Gasteiger partial charge in [-0.05, 0) is 24.3 Å². The SMILES string of the molecule is O=C(CBr)NC[C@H]1CN(c2ccc3c(c2)-n2cccc2COC3)C(=O)O1. The molecule has 1 atom stereocenters. The summed E-state index contributed by atoms with van der Waals surface area (Å²) in [7, 11) is 0. The van der Waals surface area contributed by atoms with Gasteiger partial charge in [-0.1, -0.05) is 22.0 Å². The predicted molar refractivity (Wildman–Crippen MR) is 98.7 cm³/mol. The van der Waals surface area contributed by atoms with E-state index in [1.54, 1.807) is 4.90 Å². The molecule has 0 bridgehead atoms. The molecule has 2 amide bonds. The maximum absolute atomic E-state index is 12.3. The van der Waals surface area contributed by atoms with Crippen LogP contribution in [0.4, 0.5) is 10.5 Å². The fourth-order valence-corrected chi connectivity index (χ4v) is 3.41. The Morgan fingerprint density at radius 1 is 1.31 bits per heavy atom. The second-order valence-corrected chi connectivity index (χ2v) is 6.79. The quantitative estimate of drug-likeness (QED) is 0.771. The standard InChI is InChI=1S/C18H18BrN3O4/c19-7-17(23)20-8-15-9-22(18(24)26-15)13-4-3-12-10-25-11-14-2-1-5-21(14)16(12)6-13/h1-6,15H,7-11H2,(H,20,23)/t15-/m0/s1. The first kappa shape index (κ1) is 17.1. The van der Waals surface area contributed by atoms with Crippen molar-refractivity contribution < 1.29 is 19.1 Å². The van der Waals surface area contributed by atoms with Gasteiger partial charge < -0.3 is 19.4 Å². The van der Waals surface area contributed by atoms with Crippen LogP contribution in [0.25, 0.3) is 5.69 Å². The van der Waals surface area contributed by atoms with Gasteiger partial charge in [0.2, 0.25) is 5.91 Å². The number of cyclic esters (lactones) is 1. The van der Waals surface area contributed by atoms with Crippen LogP contribution in [-0.2, 0) is 27.5 Å². The Hall–Kier alpha value is -2.32. The molecule has 136 valence electrons. The number of carbonyl (C=O) groups is 2. The number of ether oxygens (including phenoxy) is 2. The zero-order valence-electron chi connectivity index (χ0n) is 14.0. The van der Waals surface area contributed by atoms with Crippen LogP contribution in [0.15, 0.2) is 36.5 Å². The summed E-state index contributed by atoms with van der Waals surface area (Å²) in [6.07, 6.45) is 1.23. The number of amides is 2. The van der Waals surface area contributed by atoms with Crippen molar-refractivity contribution >= 4 is 33.6 Å². The lowest BCUT2D eigenvalue weighted by Gasteiger charge is -2.17. The number of carbonyl (C=O) groups excluding carboxylic acids is 2. The first-order valence-corrected chi connectivity index (χ1v) is 9.46. The molecule has 2 aromatic rings. The zero-order chi connectivity index (χ0) is 18.1. The van der Waals surface area contributed by atoms with Crippen LogP contribution in [0, 0.1) is 0 Å². The van der Waals surface area contributed by atoms with Gasteiger partial charge in [-0.3, -0.25) is 9.69 Å². The van der Waals surface area contributed by atoms with Gasteiger partial charge in [-0.25, -0.2) is 4.79 Å². The molecule has 7 nitrogen and oxygen atoms in total. The van der Waals surface area contributed by atoms with Gasteiger partial charge in [-0.2, -0.15) is 0 Å². The number of hydrogen-bond donors (Lipinski definition) is 1. The van der Waals surface area contributed by atoms with E-state index in [0.717, 1.165) is 22.6 Å². The van der Waals surface area contributed by atoms with Crippen LogP contribution in [0.2, 0.25) is 0 Å². The van der Waals surface area contributed by atoms with E-state index in [4.69, 9.17) is 9.47 Å². The van der Waals surface area contributed by atoms with Crippen LogP contribution < -0.4 is 10.2 Å². The van der Waals surface area contributed by atoms with Crippen molar-refractivity contribution in [1.82, 2.24) is 9.88 Å². The molecule has 1 saturated heterocycles. The molecule has 0 saturated carbocycles. The molecule has 1 aromatic heterocycles. The molecular formula is C18H18BrN3O4. The van der Waals surface area contributed by atoms with Gasteiger partial charge in [0.1, 0.15) is 6.10 Å². The fourth-order valence-electron chi connectivity index (χ4n) is 3.21. The molecule has 2 aliphatic rings. The summed E-state index contributed by atoms with van der Waals surface area (Å²) in [4.78, 5) is 25.2. The van der Waals surface area contributed by atoms with E-state index in [9.17, 15) is 9.59 Å². The summed E-state index contributed by atoms with van der Waals surface area (Å²) in [6, 6.07) is 9.86. The van der Waals surface area contributed by atoms with Gasteiger partial charge in [-0.15, -0.1) is 0 Å². The van der Waals surface area contributed by atoms with Crippen molar-refractivity contribution in [1.29, 1.82) is 0 Å². The molecule has 0 aliphatic carbocycles. The first-order valence-electron chi connectivity index (χ1n) is 8.34. The number of nitrogens with zero attached hydrogens (tertiary/aromatic N) is 2. The highest BCUT2D eigenvalue weighted by Crippen LogP contribution is 2.29. The molecular weight excluding hydrogens is 402 g/mol. The zero-order valence-corrected chi connectivity index (χ0v) is 15.6. The Balaban J connectivity index is 1.56. The van der Waals surface area contributed by atoms with E-state index in [1.165, 1.54) is 0 Å². The Bertz CT molecular complexity index is 851. The maximum atomic E-state index is 12.3. The molecule has 26 heavy (non-hydrogen) atoms. The number of anilines is 1. The molecule has 1 N–H and O–H groups in total. The molecule has 0 unspecified atom stereocenters. The van der Waals surface area contributed by atoms with E-state index < -0.39 is 6.09 Å². The Morgan fingerprint density at radius 3 is 3.04 bits per heavy atom. The molecule has 1 fully saturated rings. The van der Waals surface area contributed by atoms with Crippen molar-refractivity contribution in [2.75, 3.05) is 23.3 Å². The Labute approximate surface area is 159 Å². The van der Waals surface area contributed by atoms with Crippen LogP contribution in [0.5, 0.6) is 0 Å². The van der Waals surface area contributed by atoms with E-state index in [0.29, 0.717) is 26.3 Å². The first-order chi connectivity index (χ1) is 12.7. The smallest absolute Gasteiger partial charge is 0.414 e. The molecule has 0 radical (unpaired) electrons. The second-order valence-electron chi connectivity index (χ2n) is 6.23. The Kier molecular flexibility index (Phi) is 4.69. The highest BCUT2D eigenvalue weighted by atomic mass is 79.9. The molecule has 0 spiro atoms. The summed E-state index contributed by atoms with van der Waals surface area (Å²) in [6.45, 7) is 1.78. The number of rotatable bonds is 4.